The fourth-order valence-corrected chi connectivity index (χ4v) is 4.38. The second-order valence-electron chi connectivity index (χ2n) is 8.38. The molecule has 2 aliphatic rings. The maximum Gasteiger partial charge on any atom is 0.266 e. The highest BCUT2D eigenvalue weighted by Gasteiger charge is 2.45. The summed E-state index contributed by atoms with van der Waals surface area (Å²) in [6, 6.07) is 12.1. The average molecular weight is 448 g/mol. The van der Waals surface area contributed by atoms with E-state index < -0.39 is 11.2 Å². The van der Waals surface area contributed by atoms with E-state index in [1.54, 1.807) is 61.2 Å². The molecule has 7 heteroatoms. The van der Waals surface area contributed by atoms with Crippen molar-refractivity contribution in [3.8, 4) is 11.5 Å². The number of ketones is 1. The quantitative estimate of drug-likeness (QED) is 0.650. The van der Waals surface area contributed by atoms with E-state index in [2.05, 4.69) is 0 Å². The van der Waals surface area contributed by atoms with Gasteiger partial charge in [-0.1, -0.05) is 23.2 Å². The molecule has 2 heterocycles. The molecule has 0 atom stereocenters. The highest BCUT2D eigenvalue weighted by Crippen LogP contribution is 2.40. The minimum atomic E-state index is -1.02. The van der Waals surface area contributed by atoms with Gasteiger partial charge in [0.15, 0.2) is 11.4 Å². The minimum absolute atomic E-state index is 0.0323. The van der Waals surface area contributed by atoms with Crippen molar-refractivity contribution in [1.29, 1.82) is 0 Å². The van der Waals surface area contributed by atoms with Crippen molar-refractivity contribution in [2.45, 2.75) is 44.3 Å². The van der Waals surface area contributed by atoms with Crippen LogP contribution in [0.2, 0.25) is 10.0 Å². The average Bonchev–Trinajstić information content (AvgIpc) is 2.70. The highest BCUT2D eigenvalue weighted by atomic mass is 35.5. The van der Waals surface area contributed by atoms with Crippen LogP contribution in [0, 0.1) is 0 Å². The summed E-state index contributed by atoms with van der Waals surface area (Å²) in [4.78, 5) is 27.6. The SMILES string of the molecule is CC(C)(Oc1ccc(Cl)cc1)C(=O)N1CCC2(CC1)CC(=O)c1cc(Cl)ccc1O2. The van der Waals surface area contributed by atoms with Gasteiger partial charge in [-0.25, -0.2) is 0 Å². The molecule has 0 saturated carbocycles. The molecule has 0 N–H and O–H groups in total. The predicted octanol–water partition coefficient (Wildman–Crippen LogP) is 5.18. The highest BCUT2D eigenvalue weighted by molar-refractivity contribution is 6.31. The van der Waals surface area contributed by atoms with Gasteiger partial charge in [0.25, 0.3) is 5.91 Å². The molecule has 1 amide bonds. The molecule has 0 aliphatic carbocycles. The van der Waals surface area contributed by atoms with Gasteiger partial charge < -0.3 is 14.4 Å². The molecular weight excluding hydrogens is 425 g/mol. The van der Waals surface area contributed by atoms with Crippen LogP contribution in [0.25, 0.3) is 0 Å². The summed E-state index contributed by atoms with van der Waals surface area (Å²) in [5.74, 6) is 1.09. The van der Waals surface area contributed by atoms with E-state index in [-0.39, 0.29) is 11.7 Å². The van der Waals surface area contributed by atoms with Crippen LogP contribution in [-0.2, 0) is 4.79 Å². The third-order valence-corrected chi connectivity index (χ3v) is 6.20. The summed E-state index contributed by atoms with van der Waals surface area (Å²) in [7, 11) is 0. The number of carbonyl (C=O) groups is 2. The topological polar surface area (TPSA) is 55.8 Å². The van der Waals surface area contributed by atoms with Crippen molar-refractivity contribution in [3.63, 3.8) is 0 Å². The molecule has 1 fully saturated rings. The Morgan fingerprint density at radius 2 is 1.70 bits per heavy atom. The summed E-state index contributed by atoms with van der Waals surface area (Å²) in [6.45, 7) is 4.52. The van der Waals surface area contributed by atoms with Crippen LogP contribution in [0.3, 0.4) is 0 Å². The Morgan fingerprint density at radius 1 is 1.07 bits per heavy atom. The summed E-state index contributed by atoms with van der Waals surface area (Å²) in [6.07, 6.45) is 1.47. The molecule has 2 aromatic carbocycles. The first-order chi connectivity index (χ1) is 14.2. The molecule has 5 nitrogen and oxygen atoms in total. The minimum Gasteiger partial charge on any atom is -0.486 e. The van der Waals surface area contributed by atoms with Gasteiger partial charge in [-0.15, -0.1) is 0 Å². The van der Waals surface area contributed by atoms with Gasteiger partial charge in [-0.05, 0) is 56.3 Å². The first-order valence-corrected chi connectivity index (χ1v) is 10.7. The maximum absolute atomic E-state index is 13.1. The zero-order chi connectivity index (χ0) is 21.5. The van der Waals surface area contributed by atoms with E-state index in [0.717, 1.165) is 0 Å². The molecule has 1 spiro atoms. The molecule has 0 aromatic heterocycles. The Labute approximate surface area is 185 Å². The molecule has 0 unspecified atom stereocenters. The lowest BCUT2D eigenvalue weighted by molar-refractivity contribution is -0.149. The maximum atomic E-state index is 13.1. The molecule has 0 bridgehead atoms. The van der Waals surface area contributed by atoms with E-state index >= 15 is 0 Å². The first kappa shape index (κ1) is 21.0. The van der Waals surface area contributed by atoms with Crippen molar-refractivity contribution in [1.82, 2.24) is 4.90 Å². The number of nitrogens with zero attached hydrogens (tertiary/aromatic N) is 1. The molecule has 30 heavy (non-hydrogen) atoms. The van der Waals surface area contributed by atoms with Crippen molar-refractivity contribution in [2.75, 3.05) is 13.1 Å². The van der Waals surface area contributed by atoms with E-state index in [1.807, 2.05) is 0 Å². The van der Waals surface area contributed by atoms with Crippen LogP contribution in [0.4, 0.5) is 0 Å². The van der Waals surface area contributed by atoms with E-state index in [1.165, 1.54) is 0 Å². The van der Waals surface area contributed by atoms with Gasteiger partial charge in [-0.3, -0.25) is 9.59 Å². The second kappa shape index (κ2) is 7.78. The number of rotatable bonds is 3. The monoisotopic (exact) mass is 447 g/mol. The van der Waals surface area contributed by atoms with Crippen LogP contribution >= 0.6 is 23.2 Å². The largest absolute Gasteiger partial charge is 0.486 e. The Balaban J connectivity index is 1.42. The molecule has 2 aliphatic heterocycles. The summed E-state index contributed by atoms with van der Waals surface area (Å²) in [5, 5.41) is 1.13. The Morgan fingerprint density at radius 3 is 2.37 bits per heavy atom. The number of likely N-dealkylation sites (tertiary alicyclic amines) is 1. The fraction of sp³-hybridized carbons (Fsp3) is 0.391. The number of halogens is 2. The van der Waals surface area contributed by atoms with Crippen molar-refractivity contribution < 1.29 is 19.1 Å². The van der Waals surface area contributed by atoms with Gasteiger partial charge in [0.2, 0.25) is 0 Å². The van der Waals surface area contributed by atoms with Gasteiger partial charge in [-0.2, -0.15) is 0 Å². The summed E-state index contributed by atoms with van der Waals surface area (Å²) < 4.78 is 12.2. The molecule has 0 radical (unpaired) electrons. The van der Waals surface area contributed by atoms with Crippen molar-refractivity contribution >= 4 is 34.9 Å². The number of carbonyl (C=O) groups excluding carboxylic acids is 2. The number of amides is 1. The smallest absolute Gasteiger partial charge is 0.266 e. The van der Waals surface area contributed by atoms with Gasteiger partial charge in [0.05, 0.1) is 12.0 Å². The summed E-state index contributed by atoms with van der Waals surface area (Å²) >= 11 is 11.9. The molecule has 2 aromatic rings. The number of hydrogen-bond acceptors (Lipinski definition) is 4. The van der Waals surface area contributed by atoms with Crippen molar-refractivity contribution in [2.24, 2.45) is 0 Å². The van der Waals surface area contributed by atoms with E-state index in [9.17, 15) is 9.59 Å². The van der Waals surface area contributed by atoms with Crippen LogP contribution in [0.1, 0.15) is 43.5 Å². The number of ether oxygens (including phenoxy) is 2. The van der Waals surface area contributed by atoms with Crippen molar-refractivity contribution in [3.05, 3.63) is 58.1 Å². The lowest BCUT2D eigenvalue weighted by Crippen LogP contribution is -2.56. The third kappa shape index (κ3) is 4.14. The number of benzene rings is 2. The van der Waals surface area contributed by atoms with Crippen LogP contribution in [0.5, 0.6) is 11.5 Å². The molecular formula is C23H23Cl2NO4. The zero-order valence-corrected chi connectivity index (χ0v) is 18.4. The third-order valence-electron chi connectivity index (χ3n) is 5.71. The molecule has 4 rings (SSSR count). The van der Waals surface area contributed by atoms with Crippen LogP contribution in [-0.4, -0.2) is 40.9 Å². The Hall–Kier alpha value is -2.24. The van der Waals surface area contributed by atoms with Gasteiger partial charge >= 0.3 is 0 Å². The van der Waals surface area contributed by atoms with Crippen LogP contribution < -0.4 is 9.47 Å². The second-order valence-corrected chi connectivity index (χ2v) is 9.26. The normalized spacial score (nSPS) is 18.0. The van der Waals surface area contributed by atoms with Crippen LogP contribution in [0.15, 0.2) is 42.5 Å². The standard InChI is InChI=1S/C23H23Cl2NO4/c1-22(2,29-17-6-3-15(24)4-7-17)21(28)26-11-9-23(10-12-26)14-19(27)18-13-16(25)5-8-20(18)30-23/h3-8,13H,9-12,14H2,1-2H3. The van der Waals surface area contributed by atoms with Gasteiger partial charge in [0.1, 0.15) is 17.1 Å². The molecule has 1 saturated heterocycles. The zero-order valence-electron chi connectivity index (χ0n) is 16.9. The number of fused-ring (bicyclic) bond motifs is 1. The summed E-state index contributed by atoms with van der Waals surface area (Å²) in [5.41, 5.74) is -1.06. The number of piperidine rings is 1. The number of Topliss-reactive ketones (excluding diaryl/α,β-unsaturated/α-hetero) is 1. The van der Waals surface area contributed by atoms with E-state index in [4.69, 9.17) is 32.7 Å². The lowest BCUT2D eigenvalue weighted by atomic mass is 9.82. The Bertz CT molecular complexity index is 979. The Kier molecular flexibility index (Phi) is 5.45. The number of hydrogen-bond donors (Lipinski definition) is 0. The van der Waals surface area contributed by atoms with Gasteiger partial charge in [0, 0.05) is 36.0 Å². The fourth-order valence-electron chi connectivity index (χ4n) is 4.08. The lowest BCUT2D eigenvalue weighted by Gasteiger charge is -2.45. The molecule has 158 valence electrons. The predicted molar refractivity (Wildman–Crippen MR) is 116 cm³/mol. The van der Waals surface area contributed by atoms with E-state index in [0.29, 0.717) is 59.5 Å². The first-order valence-electron chi connectivity index (χ1n) is 9.93.